The lowest BCUT2D eigenvalue weighted by Gasteiger charge is -2.11. The van der Waals surface area contributed by atoms with E-state index in [1.54, 1.807) is 0 Å². The van der Waals surface area contributed by atoms with Crippen molar-refractivity contribution in [2.24, 2.45) is 0 Å². The molecule has 2 atom stereocenters. The van der Waals surface area contributed by atoms with Crippen LogP contribution in [-0.4, -0.2) is 14.7 Å². The fraction of sp³-hybridized carbons (Fsp3) is 1.00. The Morgan fingerprint density at radius 2 is 2.20 bits per heavy atom. The van der Waals surface area contributed by atoms with Crippen molar-refractivity contribution in [2.45, 2.75) is 43.6 Å². The second kappa shape index (κ2) is 2.53. The summed E-state index contributed by atoms with van der Waals surface area (Å²) in [5, 5.41) is 0.336. The molecule has 0 bridgehead atoms. The maximum absolute atomic E-state index is 11.5. The average Bonchev–Trinajstić information content (AvgIpc) is 2.66. The zero-order chi connectivity index (χ0) is 7.78. The van der Waals surface area contributed by atoms with Gasteiger partial charge in [-0.15, -0.1) is 0 Å². The van der Waals surface area contributed by atoms with Crippen molar-refractivity contribution in [1.29, 1.82) is 4.78 Å². The molecule has 0 aromatic heterocycles. The third-order valence-corrected chi connectivity index (χ3v) is 5.18. The fourth-order valence-electron chi connectivity index (χ4n) is 0.994. The van der Waals surface area contributed by atoms with E-state index in [1.807, 2.05) is 13.8 Å². The van der Waals surface area contributed by atoms with Crippen LogP contribution in [0.4, 0.5) is 0 Å². The minimum absolute atomic E-state index is 0.0972. The normalized spacial score (nSPS) is 27.4. The van der Waals surface area contributed by atoms with Crippen molar-refractivity contribution < 1.29 is 4.21 Å². The molecule has 0 spiro atoms. The van der Waals surface area contributed by atoms with E-state index in [9.17, 15) is 4.21 Å². The van der Waals surface area contributed by atoms with Crippen molar-refractivity contribution >= 4 is 9.73 Å². The Labute approximate surface area is 63.0 Å². The largest absolute Gasteiger partial charge is 0.252 e. The molecule has 1 N–H and O–H groups in total. The Kier molecular flexibility index (Phi) is 2.04. The van der Waals surface area contributed by atoms with Gasteiger partial charge in [0.25, 0.3) is 0 Å². The quantitative estimate of drug-likeness (QED) is 0.675. The predicted molar refractivity (Wildman–Crippen MR) is 43.6 cm³/mol. The molecule has 1 aliphatic carbocycles. The highest BCUT2D eigenvalue weighted by molar-refractivity contribution is 7.93. The van der Waals surface area contributed by atoms with Gasteiger partial charge in [0.2, 0.25) is 0 Å². The summed E-state index contributed by atoms with van der Waals surface area (Å²) < 4.78 is 19.1. The lowest BCUT2D eigenvalue weighted by molar-refractivity contribution is 0.659. The van der Waals surface area contributed by atoms with Crippen molar-refractivity contribution in [3.63, 3.8) is 0 Å². The van der Waals surface area contributed by atoms with Crippen LogP contribution < -0.4 is 0 Å². The SMILES string of the molecule is CCC(C)S(=N)(=O)C1CC1. The van der Waals surface area contributed by atoms with Gasteiger partial charge in [0.05, 0.1) is 0 Å². The summed E-state index contributed by atoms with van der Waals surface area (Å²) in [4.78, 5) is 0. The molecule has 60 valence electrons. The second-order valence-electron chi connectivity index (χ2n) is 3.07. The fourth-order valence-corrected chi connectivity index (χ4v) is 2.98. The van der Waals surface area contributed by atoms with E-state index in [2.05, 4.69) is 0 Å². The van der Waals surface area contributed by atoms with E-state index in [-0.39, 0.29) is 10.5 Å². The first-order chi connectivity index (χ1) is 4.59. The Hall–Kier alpha value is -0.0500. The molecule has 2 unspecified atom stereocenters. The van der Waals surface area contributed by atoms with Crippen LogP contribution in [0.2, 0.25) is 0 Å². The third kappa shape index (κ3) is 1.34. The van der Waals surface area contributed by atoms with Crippen LogP contribution in [0.3, 0.4) is 0 Å². The molecule has 1 fully saturated rings. The van der Waals surface area contributed by atoms with Gasteiger partial charge in [0.1, 0.15) is 0 Å². The number of hydrogen-bond donors (Lipinski definition) is 1. The maximum Gasteiger partial charge on any atom is 0.0496 e. The van der Waals surface area contributed by atoms with Gasteiger partial charge in [-0.25, -0.2) is 4.21 Å². The molecular formula is C7H15NOS. The predicted octanol–water partition coefficient (Wildman–Crippen LogP) is 1.99. The van der Waals surface area contributed by atoms with E-state index >= 15 is 0 Å². The van der Waals surface area contributed by atoms with Gasteiger partial charge >= 0.3 is 0 Å². The van der Waals surface area contributed by atoms with Gasteiger partial charge in [-0.1, -0.05) is 6.92 Å². The van der Waals surface area contributed by atoms with Crippen molar-refractivity contribution in [2.75, 3.05) is 0 Å². The zero-order valence-electron chi connectivity index (χ0n) is 6.59. The van der Waals surface area contributed by atoms with Crippen molar-refractivity contribution in [3.05, 3.63) is 0 Å². The summed E-state index contributed by atoms with van der Waals surface area (Å²) in [6.45, 7) is 3.93. The molecule has 0 aromatic rings. The summed E-state index contributed by atoms with van der Waals surface area (Å²) in [6.07, 6.45) is 2.91. The summed E-state index contributed by atoms with van der Waals surface area (Å²) in [5.74, 6) is 0. The van der Waals surface area contributed by atoms with Crippen molar-refractivity contribution in [3.8, 4) is 0 Å². The third-order valence-electron chi connectivity index (χ3n) is 2.19. The highest BCUT2D eigenvalue weighted by atomic mass is 32.2. The minimum atomic E-state index is -2.22. The van der Waals surface area contributed by atoms with Gasteiger partial charge in [-0.3, -0.25) is 4.78 Å². The molecular weight excluding hydrogens is 146 g/mol. The lowest BCUT2D eigenvalue weighted by Crippen LogP contribution is -2.19. The topological polar surface area (TPSA) is 40.9 Å². The number of hydrogen-bond acceptors (Lipinski definition) is 2. The molecule has 0 aromatic carbocycles. The van der Waals surface area contributed by atoms with E-state index in [4.69, 9.17) is 4.78 Å². The molecule has 0 radical (unpaired) electrons. The number of rotatable bonds is 3. The summed E-state index contributed by atoms with van der Waals surface area (Å²) in [5.41, 5.74) is 0. The van der Waals surface area contributed by atoms with E-state index in [0.717, 1.165) is 19.3 Å². The standard InChI is InChI=1S/C7H15NOS/c1-3-6(2)10(8,9)7-4-5-7/h6-8H,3-5H2,1-2H3. The summed E-state index contributed by atoms with van der Waals surface area (Å²) in [7, 11) is -2.22. The smallest absolute Gasteiger partial charge is 0.0496 e. The Morgan fingerprint density at radius 3 is 2.50 bits per heavy atom. The molecule has 2 nitrogen and oxygen atoms in total. The van der Waals surface area contributed by atoms with Crippen LogP contribution in [0.25, 0.3) is 0 Å². The first-order valence-corrected chi connectivity index (χ1v) is 5.54. The van der Waals surface area contributed by atoms with E-state index in [0.29, 0.717) is 0 Å². The molecule has 1 saturated carbocycles. The Balaban J connectivity index is 2.67. The lowest BCUT2D eigenvalue weighted by atomic mass is 10.4. The molecule has 0 amide bonds. The van der Waals surface area contributed by atoms with Gasteiger partial charge < -0.3 is 0 Å². The van der Waals surface area contributed by atoms with Gasteiger partial charge in [0.15, 0.2) is 0 Å². The molecule has 3 heteroatoms. The van der Waals surface area contributed by atoms with E-state index < -0.39 is 9.73 Å². The van der Waals surface area contributed by atoms with Crippen LogP contribution in [0.5, 0.6) is 0 Å². The molecule has 1 aliphatic rings. The molecule has 10 heavy (non-hydrogen) atoms. The summed E-state index contributed by atoms with van der Waals surface area (Å²) in [6, 6.07) is 0. The van der Waals surface area contributed by atoms with Gasteiger partial charge in [-0.2, -0.15) is 0 Å². The molecule has 0 saturated heterocycles. The highest BCUT2D eigenvalue weighted by Gasteiger charge is 2.35. The molecule has 1 rings (SSSR count). The van der Waals surface area contributed by atoms with Crippen molar-refractivity contribution in [1.82, 2.24) is 0 Å². The first kappa shape index (κ1) is 8.05. The van der Waals surface area contributed by atoms with Crippen LogP contribution in [0.15, 0.2) is 0 Å². The molecule has 0 heterocycles. The van der Waals surface area contributed by atoms with Crippen LogP contribution >= 0.6 is 0 Å². The minimum Gasteiger partial charge on any atom is -0.252 e. The van der Waals surface area contributed by atoms with Crippen LogP contribution in [-0.2, 0) is 9.73 Å². The van der Waals surface area contributed by atoms with Crippen LogP contribution in [0.1, 0.15) is 33.1 Å². The Morgan fingerprint density at radius 1 is 1.70 bits per heavy atom. The van der Waals surface area contributed by atoms with E-state index in [1.165, 1.54) is 0 Å². The summed E-state index contributed by atoms with van der Waals surface area (Å²) >= 11 is 0. The Bertz CT molecular complexity index is 204. The maximum atomic E-state index is 11.5. The zero-order valence-corrected chi connectivity index (χ0v) is 7.41. The second-order valence-corrected chi connectivity index (χ2v) is 5.83. The van der Waals surface area contributed by atoms with Crippen LogP contribution in [0, 0.1) is 4.78 Å². The first-order valence-electron chi connectivity index (χ1n) is 3.85. The molecule has 0 aliphatic heterocycles. The average molecular weight is 161 g/mol. The van der Waals surface area contributed by atoms with Gasteiger partial charge in [0, 0.05) is 20.2 Å². The monoisotopic (exact) mass is 161 g/mol. The number of nitrogens with one attached hydrogen (secondary N) is 1. The highest BCUT2D eigenvalue weighted by Crippen LogP contribution is 2.32. The van der Waals surface area contributed by atoms with Gasteiger partial charge in [-0.05, 0) is 26.2 Å².